The van der Waals surface area contributed by atoms with Crippen LogP contribution in [0.1, 0.15) is 50.9 Å². The maximum Gasteiger partial charge on any atom is 0.509 e. The summed E-state index contributed by atoms with van der Waals surface area (Å²) in [5.41, 5.74) is -4.97. The number of halogens is 6. The van der Waals surface area contributed by atoms with Crippen molar-refractivity contribution in [3.8, 4) is 0 Å². The zero-order valence-electron chi connectivity index (χ0n) is 29.2. The van der Waals surface area contributed by atoms with Crippen molar-refractivity contribution < 1.29 is 62.2 Å². The van der Waals surface area contributed by atoms with E-state index in [4.69, 9.17) is 103 Å². The molecule has 4 aliphatic rings. The van der Waals surface area contributed by atoms with E-state index in [1.54, 1.807) is 25.1 Å². The first-order chi connectivity index (χ1) is 25.0. The van der Waals surface area contributed by atoms with Crippen molar-refractivity contribution in [3.63, 3.8) is 0 Å². The topological polar surface area (TPSA) is 170 Å². The number of hydrogen-bond donors (Lipinski definition) is 1. The number of Topliss-reactive ketones (excluding diaryl/α,β-unsaturated/α-hetero) is 1. The van der Waals surface area contributed by atoms with E-state index in [2.05, 4.69) is 6.58 Å². The Labute approximate surface area is 340 Å². The van der Waals surface area contributed by atoms with Crippen LogP contribution in [0, 0.1) is 16.7 Å². The fourth-order valence-electron chi connectivity index (χ4n) is 8.30. The average molecular weight is 877 g/mol. The Bertz CT molecular complexity index is 1740. The molecule has 1 aliphatic heterocycles. The van der Waals surface area contributed by atoms with E-state index < -0.39 is 104 Å². The number of ether oxygens (including phenoxy) is 7. The molecule has 19 heteroatoms. The highest BCUT2D eigenvalue weighted by Crippen LogP contribution is 2.67. The highest BCUT2D eigenvalue weighted by molar-refractivity contribution is 6.68. The van der Waals surface area contributed by atoms with Gasteiger partial charge >= 0.3 is 24.2 Å². The van der Waals surface area contributed by atoms with Gasteiger partial charge in [0.15, 0.2) is 17.5 Å². The fraction of sp³-hybridized carbons (Fsp3) is 0.571. The quantitative estimate of drug-likeness (QED) is 0.123. The minimum Gasteiger partial charge on any atom is -0.457 e. The molecule has 3 fully saturated rings. The first-order valence-electron chi connectivity index (χ1n) is 16.4. The molecule has 1 N–H and O–H groups in total. The minimum absolute atomic E-state index is 0.00659. The van der Waals surface area contributed by atoms with Crippen LogP contribution < -0.4 is 0 Å². The summed E-state index contributed by atoms with van der Waals surface area (Å²) < 4.78 is 36.1. The lowest BCUT2D eigenvalue weighted by atomic mass is 9.50. The van der Waals surface area contributed by atoms with Crippen LogP contribution in [0.5, 0.6) is 0 Å². The third kappa shape index (κ3) is 7.89. The molecular weight excluding hydrogens is 841 g/mol. The molecule has 5 rings (SSSR count). The first kappa shape index (κ1) is 42.6. The van der Waals surface area contributed by atoms with Gasteiger partial charge in [0.2, 0.25) is 7.59 Å². The number of alkyl halides is 6. The third-order valence-corrected chi connectivity index (χ3v) is 11.2. The van der Waals surface area contributed by atoms with E-state index >= 15 is 4.79 Å². The second kappa shape index (κ2) is 15.5. The van der Waals surface area contributed by atoms with Crippen LogP contribution in [0.3, 0.4) is 0 Å². The largest absolute Gasteiger partial charge is 0.509 e. The van der Waals surface area contributed by atoms with Gasteiger partial charge in [-0.1, -0.05) is 100.0 Å². The van der Waals surface area contributed by atoms with Crippen LogP contribution in [-0.4, -0.2) is 98.7 Å². The summed E-state index contributed by atoms with van der Waals surface area (Å²) in [5.74, 6) is -4.02. The molecule has 9 atom stereocenters. The van der Waals surface area contributed by atoms with Crippen molar-refractivity contribution in [1.29, 1.82) is 0 Å². The van der Waals surface area contributed by atoms with Gasteiger partial charge in [0.1, 0.15) is 31.5 Å². The second-order valence-corrected chi connectivity index (χ2v) is 18.9. The van der Waals surface area contributed by atoms with E-state index in [1.807, 2.05) is 0 Å². The number of esters is 2. The lowest BCUT2D eigenvalue weighted by Crippen LogP contribution is -2.78. The van der Waals surface area contributed by atoms with Gasteiger partial charge in [-0.3, -0.25) is 9.59 Å². The van der Waals surface area contributed by atoms with Crippen LogP contribution in [0.4, 0.5) is 9.59 Å². The van der Waals surface area contributed by atoms with Gasteiger partial charge in [0, 0.05) is 13.3 Å². The van der Waals surface area contributed by atoms with E-state index in [-0.39, 0.29) is 41.7 Å². The van der Waals surface area contributed by atoms with Crippen LogP contribution in [0.15, 0.2) is 53.6 Å². The van der Waals surface area contributed by atoms with Crippen LogP contribution in [0.25, 0.3) is 0 Å². The molecule has 296 valence electrons. The number of benzene rings is 1. The van der Waals surface area contributed by atoms with Crippen LogP contribution >= 0.6 is 69.6 Å². The minimum atomic E-state index is -2.10. The Morgan fingerprint density at radius 2 is 1.52 bits per heavy atom. The van der Waals surface area contributed by atoms with Crippen molar-refractivity contribution in [1.82, 2.24) is 0 Å². The standard InChI is InChI=1S/C35H36Cl6O13/c1-16(2)32-12-20(43)17(3)23(32)24(52-30(47)50-15-35(39,40)41)26(44)31(5)21(51-29(46)49-14-34(36,37)38)11-22-33(13-48-22,54-18(4)42)25(31)27(32)53-28(45)19-9-7-6-8-10-19/h6-10,20-22,24-25,27,43H,1,11-15H2,2-5H3/t20-,21-,22+,24+,25-,27-,31+,32-,33-/m0/s1. The van der Waals surface area contributed by atoms with Crippen LogP contribution in [-0.2, 0) is 42.7 Å². The average Bonchev–Trinajstić information content (AvgIpc) is 3.31. The molecule has 3 aliphatic carbocycles. The number of carbonyl (C=O) groups is 5. The predicted molar refractivity (Wildman–Crippen MR) is 195 cm³/mol. The summed E-state index contributed by atoms with van der Waals surface area (Å²) in [6, 6.07) is 7.90. The lowest BCUT2D eigenvalue weighted by molar-refractivity contribution is -0.332. The molecule has 1 saturated heterocycles. The molecule has 0 amide bonds. The number of aliphatic hydroxyl groups is 1. The van der Waals surface area contributed by atoms with Crippen molar-refractivity contribution in [3.05, 3.63) is 59.2 Å². The van der Waals surface area contributed by atoms with Gasteiger partial charge in [-0.25, -0.2) is 14.4 Å². The summed E-state index contributed by atoms with van der Waals surface area (Å²) in [7, 11) is 0. The van der Waals surface area contributed by atoms with Gasteiger partial charge in [-0.05, 0) is 50.5 Å². The molecule has 0 spiro atoms. The zero-order valence-corrected chi connectivity index (χ0v) is 33.7. The SMILES string of the molecule is C=C(C)[C@@]12C[C@H](O)C(C)=C1[C@@H](OC(=O)OCC(Cl)(Cl)Cl)C(=O)[C@]1(C)[C@@H](OC(=O)OCC(Cl)(Cl)Cl)C[C@H]3OC[C@@]3(OC(C)=O)[C@H]1[C@@H]2OC(=O)c1ccccc1. The number of carbonyl (C=O) groups excluding carboxylic acids is 5. The molecule has 0 bridgehead atoms. The van der Waals surface area contributed by atoms with Crippen molar-refractivity contribution >= 4 is 99.6 Å². The summed E-state index contributed by atoms with van der Waals surface area (Å²) in [4.78, 5) is 69.2. The molecular formula is C35H36Cl6O13. The maximum absolute atomic E-state index is 15.5. The van der Waals surface area contributed by atoms with E-state index in [0.717, 1.165) is 6.92 Å². The number of ketones is 1. The normalized spacial score (nSPS) is 33.1. The van der Waals surface area contributed by atoms with Gasteiger partial charge in [0.05, 0.1) is 35.0 Å². The summed E-state index contributed by atoms with van der Waals surface area (Å²) in [6.45, 7) is 8.04. The Kier molecular flexibility index (Phi) is 12.2. The van der Waals surface area contributed by atoms with E-state index in [1.165, 1.54) is 26.0 Å². The lowest BCUT2D eigenvalue weighted by Gasteiger charge is -2.63. The Morgan fingerprint density at radius 1 is 0.944 bits per heavy atom. The molecule has 2 saturated carbocycles. The van der Waals surface area contributed by atoms with Gasteiger partial charge in [0.25, 0.3) is 0 Å². The number of fused-ring (bicyclic) bond motifs is 4. The Hall–Kier alpha value is -2.49. The molecule has 0 unspecified atom stereocenters. The highest BCUT2D eigenvalue weighted by atomic mass is 35.6. The molecule has 1 aromatic rings. The summed E-state index contributed by atoms with van der Waals surface area (Å²) in [6.07, 6.45) is -10.7. The van der Waals surface area contributed by atoms with Crippen LogP contribution in [0.2, 0.25) is 0 Å². The molecule has 1 heterocycles. The maximum atomic E-state index is 15.5. The van der Waals surface area contributed by atoms with E-state index in [9.17, 15) is 24.3 Å². The zero-order chi connectivity index (χ0) is 40.2. The van der Waals surface area contributed by atoms with E-state index in [0.29, 0.717) is 0 Å². The Balaban J connectivity index is 1.80. The van der Waals surface area contributed by atoms with Crippen molar-refractivity contribution in [2.75, 3.05) is 19.8 Å². The molecule has 1 aromatic carbocycles. The molecule has 54 heavy (non-hydrogen) atoms. The molecule has 13 nitrogen and oxygen atoms in total. The number of rotatable bonds is 8. The fourth-order valence-corrected chi connectivity index (χ4v) is 8.63. The van der Waals surface area contributed by atoms with Crippen molar-refractivity contribution in [2.24, 2.45) is 16.7 Å². The third-order valence-electron chi connectivity index (χ3n) is 10.6. The Morgan fingerprint density at radius 3 is 2.02 bits per heavy atom. The number of hydrogen-bond acceptors (Lipinski definition) is 13. The molecule has 0 aromatic heterocycles. The van der Waals surface area contributed by atoms with Crippen molar-refractivity contribution in [2.45, 2.75) is 84.2 Å². The van der Waals surface area contributed by atoms with Gasteiger partial charge < -0.3 is 38.3 Å². The van der Waals surface area contributed by atoms with Gasteiger partial charge in [-0.15, -0.1) is 0 Å². The smallest absolute Gasteiger partial charge is 0.457 e. The highest BCUT2D eigenvalue weighted by Gasteiger charge is 2.79. The monoisotopic (exact) mass is 874 g/mol. The second-order valence-electron chi connectivity index (χ2n) is 13.9. The molecule has 0 radical (unpaired) electrons. The van der Waals surface area contributed by atoms with Gasteiger partial charge in [-0.2, -0.15) is 0 Å². The summed E-state index contributed by atoms with van der Waals surface area (Å²) in [5, 5.41) is 11.5. The summed E-state index contributed by atoms with van der Waals surface area (Å²) >= 11 is 34.8. The predicted octanol–water partition coefficient (Wildman–Crippen LogP) is 6.95. The number of aliphatic hydroxyl groups excluding tert-OH is 1. The first-order valence-corrected chi connectivity index (χ1v) is 18.7.